The van der Waals surface area contributed by atoms with Crippen LogP contribution in [0.5, 0.6) is 0 Å². The van der Waals surface area contributed by atoms with E-state index in [2.05, 4.69) is 10.3 Å². The maximum Gasteiger partial charge on any atom is 0.348 e. The molecule has 5 nitrogen and oxygen atoms in total. The highest BCUT2D eigenvalue weighted by molar-refractivity contribution is 7.17. The Balaban J connectivity index is 2.78. The standard InChI is InChI=1S/C9H11ClN2O3S/c1-2-3-4-11-7(13)5-6(8(14)15)16-9(10)12-5/h2-4H2,1H3,(H,11,13)(H,14,15). The van der Waals surface area contributed by atoms with E-state index in [0.29, 0.717) is 6.54 Å². The molecular formula is C9H11ClN2O3S. The topological polar surface area (TPSA) is 79.3 Å². The molecule has 7 heteroatoms. The van der Waals surface area contributed by atoms with E-state index in [1.54, 1.807) is 0 Å². The molecule has 0 unspecified atom stereocenters. The van der Waals surface area contributed by atoms with E-state index >= 15 is 0 Å². The zero-order valence-electron chi connectivity index (χ0n) is 8.62. The van der Waals surface area contributed by atoms with Gasteiger partial charge in [0, 0.05) is 6.54 Å². The molecule has 0 fully saturated rings. The fourth-order valence-corrected chi connectivity index (χ4v) is 2.00. The third-order valence-electron chi connectivity index (χ3n) is 1.83. The number of amides is 1. The van der Waals surface area contributed by atoms with Crippen LogP contribution in [0, 0.1) is 0 Å². The number of aromatic nitrogens is 1. The van der Waals surface area contributed by atoms with Gasteiger partial charge in [-0.3, -0.25) is 4.79 Å². The Morgan fingerprint density at radius 1 is 1.56 bits per heavy atom. The van der Waals surface area contributed by atoms with Crippen molar-refractivity contribution in [2.45, 2.75) is 19.8 Å². The number of aromatic carboxylic acids is 1. The van der Waals surface area contributed by atoms with Crippen LogP contribution >= 0.6 is 22.9 Å². The molecule has 0 bridgehead atoms. The van der Waals surface area contributed by atoms with Crippen molar-refractivity contribution in [2.24, 2.45) is 0 Å². The van der Waals surface area contributed by atoms with Gasteiger partial charge < -0.3 is 10.4 Å². The number of thiazole rings is 1. The van der Waals surface area contributed by atoms with E-state index in [4.69, 9.17) is 16.7 Å². The Kier molecular flexibility index (Phi) is 4.70. The number of carboxylic acid groups (broad SMARTS) is 1. The Labute approximate surface area is 101 Å². The highest BCUT2D eigenvalue weighted by Crippen LogP contribution is 2.22. The predicted octanol–water partition coefficient (Wildman–Crippen LogP) is 2.02. The molecule has 1 aromatic rings. The van der Waals surface area contributed by atoms with Crippen molar-refractivity contribution in [3.05, 3.63) is 15.0 Å². The number of unbranched alkanes of at least 4 members (excludes halogenated alkanes) is 1. The van der Waals surface area contributed by atoms with Gasteiger partial charge in [-0.1, -0.05) is 36.3 Å². The van der Waals surface area contributed by atoms with Crippen LogP contribution in [0.2, 0.25) is 4.47 Å². The molecule has 0 aromatic carbocycles. The Bertz CT molecular complexity index is 405. The first-order valence-corrected chi connectivity index (χ1v) is 5.93. The van der Waals surface area contributed by atoms with Crippen LogP contribution < -0.4 is 5.32 Å². The first kappa shape index (κ1) is 12.9. The minimum atomic E-state index is -1.19. The molecule has 0 radical (unpaired) electrons. The van der Waals surface area contributed by atoms with Gasteiger partial charge in [0.25, 0.3) is 5.91 Å². The summed E-state index contributed by atoms with van der Waals surface area (Å²) in [7, 11) is 0. The molecule has 0 saturated heterocycles. The molecule has 88 valence electrons. The van der Waals surface area contributed by atoms with Gasteiger partial charge in [0.05, 0.1) is 0 Å². The van der Waals surface area contributed by atoms with Crippen LogP contribution in [-0.2, 0) is 0 Å². The monoisotopic (exact) mass is 262 g/mol. The van der Waals surface area contributed by atoms with Gasteiger partial charge in [0.1, 0.15) is 4.88 Å². The molecule has 1 amide bonds. The zero-order chi connectivity index (χ0) is 12.1. The molecule has 0 aliphatic heterocycles. The van der Waals surface area contributed by atoms with E-state index in [-0.39, 0.29) is 15.0 Å². The van der Waals surface area contributed by atoms with Crippen molar-refractivity contribution in [2.75, 3.05) is 6.54 Å². The van der Waals surface area contributed by atoms with Crippen LogP contribution in [0.25, 0.3) is 0 Å². The Morgan fingerprint density at radius 2 is 2.25 bits per heavy atom. The third-order valence-corrected chi connectivity index (χ3v) is 2.97. The van der Waals surface area contributed by atoms with Crippen LogP contribution in [0.1, 0.15) is 39.9 Å². The minimum Gasteiger partial charge on any atom is -0.477 e. The van der Waals surface area contributed by atoms with Crippen molar-refractivity contribution in [1.29, 1.82) is 0 Å². The van der Waals surface area contributed by atoms with E-state index in [1.807, 2.05) is 6.92 Å². The smallest absolute Gasteiger partial charge is 0.348 e. The van der Waals surface area contributed by atoms with Gasteiger partial charge in [-0.15, -0.1) is 0 Å². The lowest BCUT2D eigenvalue weighted by atomic mass is 10.3. The van der Waals surface area contributed by atoms with E-state index in [1.165, 1.54) is 0 Å². The molecule has 1 rings (SSSR count). The third kappa shape index (κ3) is 3.18. The molecular weight excluding hydrogens is 252 g/mol. The number of rotatable bonds is 5. The number of carboxylic acids is 1. The largest absolute Gasteiger partial charge is 0.477 e. The van der Waals surface area contributed by atoms with Crippen LogP contribution in [0.15, 0.2) is 0 Å². The number of nitrogens with zero attached hydrogens (tertiary/aromatic N) is 1. The van der Waals surface area contributed by atoms with Gasteiger partial charge in [-0.2, -0.15) is 0 Å². The van der Waals surface area contributed by atoms with Crippen molar-refractivity contribution in [3.8, 4) is 0 Å². The maximum atomic E-state index is 11.6. The fraction of sp³-hybridized carbons (Fsp3) is 0.444. The lowest BCUT2D eigenvalue weighted by Gasteiger charge is -2.01. The Morgan fingerprint density at radius 3 is 2.81 bits per heavy atom. The van der Waals surface area contributed by atoms with Crippen LogP contribution in [0.4, 0.5) is 0 Å². The van der Waals surface area contributed by atoms with Gasteiger partial charge in [-0.05, 0) is 6.42 Å². The molecule has 2 N–H and O–H groups in total. The van der Waals surface area contributed by atoms with E-state index in [0.717, 1.165) is 24.2 Å². The molecule has 1 heterocycles. The minimum absolute atomic E-state index is 0.0537. The van der Waals surface area contributed by atoms with Crippen LogP contribution in [0.3, 0.4) is 0 Å². The lowest BCUT2D eigenvalue weighted by molar-refractivity contribution is 0.0696. The highest BCUT2D eigenvalue weighted by atomic mass is 35.5. The normalized spacial score (nSPS) is 10.1. The molecule has 16 heavy (non-hydrogen) atoms. The molecule has 0 spiro atoms. The van der Waals surface area contributed by atoms with Gasteiger partial charge >= 0.3 is 5.97 Å². The van der Waals surface area contributed by atoms with Gasteiger partial charge in [0.2, 0.25) is 0 Å². The first-order valence-electron chi connectivity index (χ1n) is 4.74. The number of carbonyl (C=O) groups is 2. The summed E-state index contributed by atoms with van der Waals surface area (Å²) in [5, 5.41) is 11.4. The Hall–Kier alpha value is -1.14. The summed E-state index contributed by atoms with van der Waals surface area (Å²) in [4.78, 5) is 25.9. The molecule has 0 aliphatic carbocycles. The summed E-state index contributed by atoms with van der Waals surface area (Å²) in [6.45, 7) is 2.50. The van der Waals surface area contributed by atoms with Crippen molar-refractivity contribution < 1.29 is 14.7 Å². The summed E-state index contributed by atoms with van der Waals surface area (Å²) in [6.07, 6.45) is 1.79. The van der Waals surface area contributed by atoms with Crippen molar-refractivity contribution >= 4 is 34.8 Å². The zero-order valence-corrected chi connectivity index (χ0v) is 10.2. The summed E-state index contributed by atoms with van der Waals surface area (Å²) in [5.74, 6) is -1.68. The molecule has 0 saturated carbocycles. The van der Waals surface area contributed by atoms with E-state index in [9.17, 15) is 9.59 Å². The average molecular weight is 263 g/mol. The lowest BCUT2D eigenvalue weighted by Crippen LogP contribution is -2.26. The maximum absolute atomic E-state index is 11.6. The number of carbonyl (C=O) groups excluding carboxylic acids is 1. The number of hydrogen-bond acceptors (Lipinski definition) is 4. The fourth-order valence-electron chi connectivity index (χ4n) is 1.06. The van der Waals surface area contributed by atoms with Gasteiger partial charge in [0.15, 0.2) is 10.2 Å². The molecule has 1 aromatic heterocycles. The summed E-state index contributed by atoms with van der Waals surface area (Å²) >= 11 is 6.36. The van der Waals surface area contributed by atoms with Crippen LogP contribution in [-0.4, -0.2) is 28.5 Å². The van der Waals surface area contributed by atoms with Crippen molar-refractivity contribution in [3.63, 3.8) is 0 Å². The second kappa shape index (κ2) is 5.81. The second-order valence-electron chi connectivity index (χ2n) is 3.06. The SMILES string of the molecule is CCCCNC(=O)c1nc(Cl)sc1C(=O)O. The second-order valence-corrected chi connectivity index (χ2v) is 4.64. The highest BCUT2D eigenvalue weighted by Gasteiger charge is 2.21. The number of halogens is 1. The molecule has 0 aliphatic rings. The quantitative estimate of drug-likeness (QED) is 0.796. The summed E-state index contributed by atoms with van der Waals surface area (Å²) in [6, 6.07) is 0. The predicted molar refractivity (Wildman–Crippen MR) is 61.3 cm³/mol. The average Bonchev–Trinajstić information content (AvgIpc) is 2.61. The summed E-state index contributed by atoms with van der Waals surface area (Å²) < 4.78 is 0.0537. The van der Waals surface area contributed by atoms with Crippen molar-refractivity contribution in [1.82, 2.24) is 10.3 Å². The van der Waals surface area contributed by atoms with Gasteiger partial charge in [-0.25, -0.2) is 9.78 Å². The first-order chi connectivity index (χ1) is 7.56. The summed E-state index contributed by atoms with van der Waals surface area (Å²) in [5.41, 5.74) is -0.112. The number of hydrogen-bond donors (Lipinski definition) is 2. The molecule has 0 atom stereocenters. The number of nitrogens with one attached hydrogen (secondary N) is 1. The van der Waals surface area contributed by atoms with E-state index < -0.39 is 11.9 Å².